The van der Waals surface area contributed by atoms with Crippen molar-refractivity contribution < 1.29 is 45.3 Å². The van der Waals surface area contributed by atoms with Crippen LogP contribution in [0.1, 0.15) is 22.3 Å². The van der Waals surface area contributed by atoms with Crippen molar-refractivity contribution in [3.05, 3.63) is 144 Å². The maximum absolute atomic E-state index is 12.3. The maximum atomic E-state index is 12.3. The lowest BCUT2D eigenvalue weighted by atomic mass is 10.1. The van der Waals surface area contributed by atoms with Crippen molar-refractivity contribution in [2.45, 2.75) is 37.5 Å². The van der Waals surface area contributed by atoms with E-state index in [0.29, 0.717) is 56.4 Å². The zero-order valence-corrected chi connectivity index (χ0v) is 41.3. The molecule has 366 valence electrons. The SMILES string of the molecule is COc1ccc(Nc2ccc3c(O)c(N=Nc4cc(C)c(N=Nc5cc(C)c(N=Nc6cc(C)c(N=Nc7cc8c(S(=O)(=O)O)cccc8cc7S(=O)(=O)O)cc6OC)cc5OC)cc4C)ccc3c2)cc1. The highest BCUT2D eigenvalue weighted by atomic mass is 32.2. The van der Waals surface area contributed by atoms with Gasteiger partial charge in [0, 0.05) is 34.3 Å². The lowest BCUT2D eigenvalue weighted by molar-refractivity contribution is 0.415. The van der Waals surface area contributed by atoms with E-state index in [4.69, 9.17) is 14.2 Å². The highest BCUT2D eigenvalue weighted by Crippen LogP contribution is 2.42. The number of benzene rings is 8. The molecule has 0 heterocycles. The van der Waals surface area contributed by atoms with Gasteiger partial charge >= 0.3 is 0 Å². The van der Waals surface area contributed by atoms with Gasteiger partial charge in [0.15, 0.2) is 5.75 Å². The number of phenolic OH excluding ortho intramolecular Hbond substituents is 1. The predicted molar refractivity (Wildman–Crippen MR) is 274 cm³/mol. The van der Waals surface area contributed by atoms with Crippen LogP contribution in [0.4, 0.5) is 56.9 Å². The highest BCUT2D eigenvalue weighted by Gasteiger charge is 2.22. The molecule has 0 saturated carbocycles. The van der Waals surface area contributed by atoms with Crippen LogP contribution in [-0.4, -0.2) is 52.4 Å². The van der Waals surface area contributed by atoms with Crippen LogP contribution in [0.2, 0.25) is 0 Å². The summed E-state index contributed by atoms with van der Waals surface area (Å²) in [5, 5.41) is 51.1. The largest absolute Gasteiger partial charge is 0.505 e. The molecule has 0 unspecified atom stereocenters. The van der Waals surface area contributed by atoms with Crippen molar-refractivity contribution in [3.63, 3.8) is 0 Å². The van der Waals surface area contributed by atoms with Gasteiger partial charge in [0.1, 0.15) is 49.8 Å². The lowest BCUT2D eigenvalue weighted by Gasteiger charge is -2.10. The van der Waals surface area contributed by atoms with E-state index < -0.39 is 30.0 Å². The number of hydrogen-bond acceptors (Lipinski definition) is 17. The van der Waals surface area contributed by atoms with E-state index in [2.05, 4.69) is 46.2 Å². The molecular weight excluding hydrogens is 963 g/mol. The van der Waals surface area contributed by atoms with Crippen LogP contribution in [0.3, 0.4) is 0 Å². The fourth-order valence-corrected chi connectivity index (χ4v) is 8.88. The first-order chi connectivity index (χ1) is 34.3. The Bertz CT molecular complexity index is 3810. The highest BCUT2D eigenvalue weighted by molar-refractivity contribution is 7.86. The van der Waals surface area contributed by atoms with Crippen LogP contribution in [0.25, 0.3) is 21.5 Å². The molecule has 8 aromatic rings. The van der Waals surface area contributed by atoms with Gasteiger partial charge in [0.2, 0.25) is 0 Å². The second-order valence-electron chi connectivity index (χ2n) is 16.3. The summed E-state index contributed by atoms with van der Waals surface area (Å²) >= 11 is 0. The average Bonchev–Trinajstić information content (AvgIpc) is 3.35. The van der Waals surface area contributed by atoms with E-state index in [9.17, 15) is 31.0 Å². The van der Waals surface area contributed by atoms with Gasteiger partial charge in [0.05, 0.1) is 44.1 Å². The number of nitrogens with zero attached hydrogens (tertiary/aromatic N) is 8. The molecule has 72 heavy (non-hydrogen) atoms. The third-order valence-corrected chi connectivity index (χ3v) is 13.2. The molecule has 0 aliphatic heterocycles. The van der Waals surface area contributed by atoms with E-state index in [-0.39, 0.29) is 33.6 Å². The first-order valence-electron chi connectivity index (χ1n) is 21.7. The molecule has 21 heteroatoms. The number of nitrogens with one attached hydrogen (secondary N) is 1. The predicted octanol–water partition coefficient (Wildman–Crippen LogP) is 14.9. The van der Waals surface area contributed by atoms with Crippen molar-refractivity contribution in [1.29, 1.82) is 0 Å². The first-order valence-corrected chi connectivity index (χ1v) is 24.6. The summed E-state index contributed by atoms with van der Waals surface area (Å²) in [6.45, 7) is 7.28. The van der Waals surface area contributed by atoms with Gasteiger partial charge in [0.25, 0.3) is 20.2 Å². The Balaban J connectivity index is 0.983. The van der Waals surface area contributed by atoms with Crippen LogP contribution in [0.15, 0.2) is 172 Å². The summed E-state index contributed by atoms with van der Waals surface area (Å²) in [6, 6.07) is 33.1. The zero-order chi connectivity index (χ0) is 51.5. The van der Waals surface area contributed by atoms with Gasteiger partial charge in [-0.3, -0.25) is 9.11 Å². The molecule has 8 aromatic carbocycles. The first kappa shape index (κ1) is 49.9. The topological polar surface area (TPSA) is 268 Å². The fraction of sp³-hybridized carbons (Fsp3) is 0.137. The van der Waals surface area contributed by atoms with Gasteiger partial charge in [-0.1, -0.05) is 18.2 Å². The monoisotopic (exact) mass is 1010 g/mol. The molecule has 0 radical (unpaired) electrons. The Morgan fingerprint density at radius 3 is 1.39 bits per heavy atom. The van der Waals surface area contributed by atoms with Gasteiger partial charge in [-0.15, -0.1) is 20.5 Å². The number of azo groups is 4. The number of anilines is 2. The molecule has 0 aromatic heterocycles. The van der Waals surface area contributed by atoms with E-state index in [1.54, 1.807) is 38.3 Å². The van der Waals surface area contributed by atoms with E-state index in [0.717, 1.165) is 51.8 Å². The average molecular weight is 1010 g/mol. The standard InChI is InChI=1S/C51H45N9O10S2/c1-28-20-41(29(2)19-40(28)54-53-39-18-11-33-23-35(14-17-37(33)51(39)61)52-34-12-15-36(68-5)16-13-34)55-58-44-21-30(3)42(26-47(44)69-6)56-59-45-22-31(4)43(27-48(45)70-7)57-60-46-25-38-32(24-50(46)72(65,66)67)9-8-10-49(38)71(62,63)64/h8-27,52,61H,1-7H3,(H,62,63,64)(H,65,66,67). The summed E-state index contributed by atoms with van der Waals surface area (Å²) in [6.07, 6.45) is 0. The van der Waals surface area contributed by atoms with Gasteiger partial charge in [-0.2, -0.15) is 37.3 Å². The van der Waals surface area contributed by atoms with Gasteiger partial charge in [-0.05, 0) is 152 Å². The molecule has 8 rings (SSSR count). The molecule has 0 spiro atoms. The van der Waals surface area contributed by atoms with Crippen molar-refractivity contribution in [2.24, 2.45) is 40.9 Å². The van der Waals surface area contributed by atoms with Crippen LogP contribution in [-0.2, 0) is 20.2 Å². The normalized spacial score (nSPS) is 12.3. The van der Waals surface area contributed by atoms with Crippen molar-refractivity contribution >= 4 is 98.7 Å². The number of ether oxygens (including phenoxy) is 3. The Morgan fingerprint density at radius 1 is 0.417 bits per heavy atom. The fourth-order valence-electron chi connectivity index (χ4n) is 7.53. The summed E-state index contributed by atoms with van der Waals surface area (Å²) in [7, 11) is -5.02. The summed E-state index contributed by atoms with van der Waals surface area (Å²) in [5.41, 5.74) is 7.08. The number of methoxy groups -OCH3 is 3. The van der Waals surface area contributed by atoms with Crippen molar-refractivity contribution in [3.8, 4) is 23.0 Å². The number of phenols is 1. The second-order valence-corrected chi connectivity index (χ2v) is 19.1. The minimum absolute atomic E-state index is 0.0125. The zero-order valence-electron chi connectivity index (χ0n) is 39.6. The number of aryl methyl sites for hydroxylation is 4. The summed E-state index contributed by atoms with van der Waals surface area (Å²) < 4.78 is 85.1. The number of hydrogen-bond donors (Lipinski definition) is 4. The van der Waals surface area contributed by atoms with Gasteiger partial charge < -0.3 is 24.6 Å². The Kier molecular flexibility index (Phi) is 14.2. The van der Waals surface area contributed by atoms with Crippen LogP contribution in [0.5, 0.6) is 23.0 Å². The molecule has 0 aliphatic rings. The van der Waals surface area contributed by atoms with E-state index in [1.807, 2.05) is 81.4 Å². The molecular formula is C51H45N9O10S2. The third kappa shape index (κ3) is 10.9. The Morgan fingerprint density at radius 2 is 0.875 bits per heavy atom. The summed E-state index contributed by atoms with van der Waals surface area (Å²) in [4.78, 5) is -1.11. The van der Waals surface area contributed by atoms with E-state index >= 15 is 0 Å². The Labute approximate surface area is 413 Å². The quantitative estimate of drug-likeness (QED) is 0.0554. The third-order valence-electron chi connectivity index (χ3n) is 11.4. The Hall–Kier alpha value is -8.50. The van der Waals surface area contributed by atoms with Crippen LogP contribution < -0.4 is 19.5 Å². The summed E-state index contributed by atoms with van der Waals surface area (Å²) in [5.74, 6) is 1.38. The molecule has 0 aliphatic carbocycles. The maximum Gasteiger partial charge on any atom is 0.296 e. The van der Waals surface area contributed by atoms with Crippen molar-refractivity contribution in [1.82, 2.24) is 0 Å². The number of aromatic hydroxyl groups is 1. The van der Waals surface area contributed by atoms with Gasteiger partial charge in [-0.25, -0.2) is 0 Å². The molecule has 0 amide bonds. The van der Waals surface area contributed by atoms with E-state index in [1.165, 1.54) is 32.4 Å². The second kappa shape index (κ2) is 20.5. The number of rotatable bonds is 15. The number of fused-ring (bicyclic) bond motifs is 2. The lowest BCUT2D eigenvalue weighted by Crippen LogP contribution is -2.01. The smallest absolute Gasteiger partial charge is 0.296 e. The van der Waals surface area contributed by atoms with Crippen LogP contribution >= 0.6 is 0 Å². The molecule has 0 bridgehead atoms. The minimum atomic E-state index is -4.85. The van der Waals surface area contributed by atoms with Crippen LogP contribution in [0, 0.1) is 27.7 Å². The molecule has 19 nitrogen and oxygen atoms in total. The molecule has 4 N–H and O–H groups in total. The molecule has 0 saturated heterocycles. The molecule has 0 fully saturated rings. The minimum Gasteiger partial charge on any atom is -0.505 e. The van der Waals surface area contributed by atoms with Crippen molar-refractivity contribution in [2.75, 3.05) is 26.6 Å². The molecule has 0 atom stereocenters.